The third-order valence-electron chi connectivity index (χ3n) is 3.02. The molecule has 11 heavy (non-hydrogen) atoms. The Kier molecular flexibility index (Phi) is 2.13. The largest absolute Gasteiger partial charge is 0.0693 e. The van der Waals surface area contributed by atoms with Crippen molar-refractivity contribution in [3.8, 4) is 0 Å². The quantitative estimate of drug-likeness (QED) is 0.575. The van der Waals surface area contributed by atoms with E-state index in [1.807, 2.05) is 0 Å². The fraction of sp³-hybridized carbons (Fsp3) is 1.00. The third kappa shape index (κ3) is 2.18. The molecular weight excluding hydrogens is 164 g/mol. The van der Waals surface area contributed by atoms with Crippen LogP contribution in [0.3, 0.4) is 0 Å². The highest BCUT2D eigenvalue weighted by molar-refractivity contribution is 6.85. The van der Waals surface area contributed by atoms with Crippen LogP contribution in [0.2, 0.25) is 50.4 Å². The number of hydrogen-bond donors (Lipinski definition) is 0. The average Bonchev–Trinajstić information content (AvgIpc) is 2.30. The van der Waals surface area contributed by atoms with Crippen molar-refractivity contribution in [3.63, 3.8) is 0 Å². The molecule has 0 radical (unpaired) electrons. The lowest BCUT2D eigenvalue weighted by Crippen LogP contribution is -2.26. The second kappa shape index (κ2) is 2.46. The Morgan fingerprint density at radius 1 is 0.727 bits per heavy atom. The van der Waals surface area contributed by atoms with Crippen molar-refractivity contribution >= 4 is 16.1 Å². The monoisotopic (exact) mass is 186 g/mol. The van der Waals surface area contributed by atoms with Gasteiger partial charge in [-0.25, -0.2) is 0 Å². The van der Waals surface area contributed by atoms with Gasteiger partial charge in [-0.1, -0.05) is 45.7 Å². The van der Waals surface area contributed by atoms with Gasteiger partial charge in [-0.15, -0.1) is 0 Å². The van der Waals surface area contributed by atoms with Crippen molar-refractivity contribution in [3.05, 3.63) is 0 Å². The van der Waals surface area contributed by atoms with E-state index in [2.05, 4.69) is 39.3 Å². The third-order valence-corrected chi connectivity index (χ3v) is 9.07. The van der Waals surface area contributed by atoms with Crippen molar-refractivity contribution in [2.45, 2.75) is 56.8 Å². The predicted molar refractivity (Wildman–Crippen MR) is 58.8 cm³/mol. The van der Waals surface area contributed by atoms with Gasteiger partial charge < -0.3 is 0 Å². The van der Waals surface area contributed by atoms with Crippen molar-refractivity contribution in [1.82, 2.24) is 0 Å². The van der Waals surface area contributed by atoms with E-state index in [0.29, 0.717) is 0 Å². The molecule has 0 saturated heterocycles. The molecule has 66 valence electrons. The summed E-state index contributed by atoms with van der Waals surface area (Å²) in [6.07, 6.45) is 1.57. The van der Waals surface area contributed by atoms with Crippen LogP contribution in [-0.4, -0.2) is 16.1 Å². The van der Waals surface area contributed by atoms with Crippen molar-refractivity contribution in [1.29, 1.82) is 0 Å². The fourth-order valence-electron chi connectivity index (χ4n) is 2.11. The van der Waals surface area contributed by atoms with E-state index in [4.69, 9.17) is 0 Å². The van der Waals surface area contributed by atoms with Crippen LogP contribution in [0.5, 0.6) is 0 Å². The molecule has 0 aliphatic heterocycles. The molecule has 0 aromatic rings. The Bertz CT molecular complexity index is 132. The second-order valence-corrected chi connectivity index (χ2v) is 17.1. The van der Waals surface area contributed by atoms with Crippen LogP contribution in [0, 0.1) is 0 Å². The van der Waals surface area contributed by atoms with Crippen LogP contribution in [0.1, 0.15) is 6.42 Å². The molecule has 0 aromatic heterocycles. The molecule has 0 aromatic carbocycles. The van der Waals surface area contributed by atoms with Gasteiger partial charge in [0.25, 0.3) is 0 Å². The fourth-order valence-corrected chi connectivity index (χ4v) is 9.68. The second-order valence-electron chi connectivity index (χ2n) is 6.18. The first-order valence-electron chi connectivity index (χ1n) is 4.73. The molecule has 2 heteroatoms. The maximum atomic E-state index is 2.53. The lowest BCUT2D eigenvalue weighted by Gasteiger charge is -2.21. The zero-order valence-corrected chi connectivity index (χ0v) is 10.9. The van der Waals surface area contributed by atoms with E-state index in [0.717, 1.165) is 0 Å². The Hall–Kier alpha value is 0.434. The van der Waals surface area contributed by atoms with Gasteiger partial charge in [0.05, 0.1) is 0 Å². The minimum absolute atomic E-state index is 0.762. The smallest absolute Gasteiger partial charge is 0.0473 e. The van der Waals surface area contributed by atoms with Gasteiger partial charge in [-0.2, -0.15) is 0 Å². The van der Waals surface area contributed by atoms with Crippen LogP contribution < -0.4 is 0 Å². The predicted octanol–water partition coefficient (Wildman–Crippen LogP) is 3.81. The van der Waals surface area contributed by atoms with Gasteiger partial charge in [-0.05, 0) is 11.1 Å². The molecule has 1 saturated carbocycles. The summed E-state index contributed by atoms with van der Waals surface area (Å²) in [5.41, 5.74) is 2.35. The molecule has 1 fully saturated rings. The topological polar surface area (TPSA) is 0 Å². The molecule has 1 aliphatic rings. The van der Waals surface area contributed by atoms with Crippen LogP contribution in [-0.2, 0) is 0 Å². The molecule has 0 nitrogen and oxygen atoms in total. The highest BCUT2D eigenvalue weighted by atomic mass is 28.3. The van der Waals surface area contributed by atoms with Crippen LogP contribution in [0.4, 0.5) is 0 Å². The van der Waals surface area contributed by atoms with Gasteiger partial charge in [0, 0.05) is 16.1 Å². The van der Waals surface area contributed by atoms with E-state index >= 15 is 0 Å². The molecule has 0 bridgehead atoms. The first-order valence-corrected chi connectivity index (χ1v) is 11.9. The molecule has 0 amide bonds. The van der Waals surface area contributed by atoms with E-state index in [9.17, 15) is 0 Å². The summed E-state index contributed by atoms with van der Waals surface area (Å²) in [6.45, 7) is 15.2. The van der Waals surface area contributed by atoms with Crippen LogP contribution in [0.15, 0.2) is 0 Å². The number of hydrogen-bond acceptors (Lipinski definition) is 0. The van der Waals surface area contributed by atoms with Gasteiger partial charge in [0.2, 0.25) is 0 Å². The van der Waals surface area contributed by atoms with Gasteiger partial charge in [0.1, 0.15) is 0 Å². The van der Waals surface area contributed by atoms with Crippen LogP contribution >= 0.6 is 0 Å². The zero-order valence-electron chi connectivity index (χ0n) is 8.86. The summed E-state index contributed by atoms with van der Waals surface area (Å²) in [4.78, 5) is 0. The van der Waals surface area contributed by atoms with Crippen molar-refractivity contribution in [2.75, 3.05) is 0 Å². The highest BCUT2D eigenvalue weighted by Crippen LogP contribution is 2.61. The lowest BCUT2D eigenvalue weighted by atomic mass is 10.9. The van der Waals surface area contributed by atoms with Crippen LogP contribution in [0.25, 0.3) is 0 Å². The van der Waals surface area contributed by atoms with E-state index in [-0.39, 0.29) is 0 Å². The maximum Gasteiger partial charge on any atom is 0.0473 e. The normalized spacial score (nSPS) is 32.2. The molecule has 0 heterocycles. The standard InChI is InChI=1S/C9H22Si2/c1-10(2,3)8-7-9(8)11(4,5)6/h8-9H,7H2,1-6H3/t8-,9-/m0/s1. The minimum atomic E-state index is -0.762. The zero-order chi connectivity index (χ0) is 8.86. The van der Waals surface area contributed by atoms with E-state index < -0.39 is 16.1 Å². The summed E-state index contributed by atoms with van der Waals surface area (Å²) >= 11 is 0. The Morgan fingerprint density at radius 2 is 1.00 bits per heavy atom. The molecule has 0 N–H and O–H groups in total. The average molecular weight is 186 g/mol. The summed E-state index contributed by atoms with van der Waals surface area (Å²) in [5.74, 6) is 0. The molecule has 0 unspecified atom stereocenters. The summed E-state index contributed by atoms with van der Waals surface area (Å²) in [6, 6.07) is 0. The first-order chi connectivity index (χ1) is 4.73. The number of rotatable bonds is 2. The Balaban J connectivity index is 2.51. The molecule has 0 spiro atoms. The van der Waals surface area contributed by atoms with Crippen molar-refractivity contribution < 1.29 is 0 Å². The van der Waals surface area contributed by atoms with Crippen molar-refractivity contribution in [2.24, 2.45) is 0 Å². The van der Waals surface area contributed by atoms with E-state index in [1.165, 1.54) is 11.1 Å². The first kappa shape index (κ1) is 9.52. The molecule has 1 aliphatic carbocycles. The Morgan fingerprint density at radius 3 is 1.09 bits per heavy atom. The summed E-state index contributed by atoms with van der Waals surface area (Å²) in [7, 11) is -1.52. The van der Waals surface area contributed by atoms with Gasteiger partial charge >= 0.3 is 0 Å². The van der Waals surface area contributed by atoms with Gasteiger partial charge in [0.15, 0.2) is 0 Å². The van der Waals surface area contributed by atoms with E-state index in [1.54, 1.807) is 6.42 Å². The molecule has 2 atom stereocenters. The summed E-state index contributed by atoms with van der Waals surface area (Å²) in [5, 5.41) is 0. The highest BCUT2D eigenvalue weighted by Gasteiger charge is 2.51. The Labute approximate surface area is 73.4 Å². The van der Waals surface area contributed by atoms with Gasteiger partial charge in [-0.3, -0.25) is 0 Å². The SMILES string of the molecule is C[Si](C)(C)[C@H]1C[C@@H]1[Si](C)(C)C. The summed E-state index contributed by atoms with van der Waals surface area (Å²) < 4.78 is 0. The maximum absolute atomic E-state index is 2.53. The lowest BCUT2D eigenvalue weighted by molar-refractivity contribution is 1.27. The molecular formula is C9H22Si2. The minimum Gasteiger partial charge on any atom is -0.0693 e. The molecule has 1 rings (SSSR count).